The molecule has 0 saturated heterocycles. The molecule has 0 heterocycles. The maximum atomic E-state index is 12.4. The third-order valence-corrected chi connectivity index (χ3v) is 4.96. The molecule has 0 N–H and O–H groups in total. The minimum absolute atomic E-state index is 0.0325. The van der Waals surface area contributed by atoms with E-state index in [4.69, 9.17) is 0 Å². The highest BCUT2D eigenvalue weighted by molar-refractivity contribution is 7.81. The summed E-state index contributed by atoms with van der Waals surface area (Å²) < 4.78 is 0. The smallest absolute Gasteiger partial charge is 0.193 e. The fraction of sp³-hybridized carbons (Fsp3) is 0.0500. The zero-order chi connectivity index (χ0) is 16.4. The average Bonchev–Trinajstić information content (AvgIpc) is 2.60. The third kappa shape index (κ3) is 3.21. The van der Waals surface area contributed by atoms with Crippen molar-refractivity contribution in [3.63, 3.8) is 0 Å². The van der Waals surface area contributed by atoms with E-state index in [-0.39, 0.29) is 5.78 Å². The lowest BCUT2D eigenvalue weighted by atomic mass is 9.98. The first-order chi connectivity index (χ1) is 11.1. The number of hydrogen-bond donors (Lipinski definition) is 2. The summed E-state index contributed by atoms with van der Waals surface area (Å²) in [5.41, 5.74) is 4.52. The molecule has 0 aliphatic rings. The van der Waals surface area contributed by atoms with Gasteiger partial charge in [-0.3, -0.25) is 4.79 Å². The van der Waals surface area contributed by atoms with E-state index in [2.05, 4.69) is 25.3 Å². The lowest BCUT2D eigenvalue weighted by Crippen LogP contribution is -2.00. The van der Waals surface area contributed by atoms with Gasteiger partial charge in [0.15, 0.2) is 5.78 Å². The van der Waals surface area contributed by atoms with Crippen LogP contribution in [-0.2, 0) is 0 Å². The molecule has 0 atom stereocenters. The predicted octanol–water partition coefficient (Wildman–Crippen LogP) is 5.47. The summed E-state index contributed by atoms with van der Waals surface area (Å²) >= 11 is 9.02. The summed E-state index contributed by atoms with van der Waals surface area (Å²) in [5, 5.41) is 0. The Kier molecular flexibility index (Phi) is 4.60. The van der Waals surface area contributed by atoms with Crippen LogP contribution in [0.1, 0.15) is 21.5 Å². The van der Waals surface area contributed by atoms with Gasteiger partial charge in [0.05, 0.1) is 0 Å². The Labute approximate surface area is 147 Å². The van der Waals surface area contributed by atoms with E-state index in [0.29, 0.717) is 11.1 Å². The van der Waals surface area contributed by atoms with E-state index in [1.54, 1.807) is 0 Å². The van der Waals surface area contributed by atoms with Crippen LogP contribution >= 0.6 is 25.3 Å². The first kappa shape index (κ1) is 15.9. The molecule has 0 unspecified atom stereocenters. The van der Waals surface area contributed by atoms with Crippen molar-refractivity contribution in [1.82, 2.24) is 0 Å². The van der Waals surface area contributed by atoms with Gasteiger partial charge in [0.1, 0.15) is 0 Å². The topological polar surface area (TPSA) is 17.1 Å². The molecular weight excluding hydrogens is 320 g/mol. The summed E-state index contributed by atoms with van der Waals surface area (Å²) in [6, 6.07) is 20.9. The minimum Gasteiger partial charge on any atom is -0.289 e. The molecule has 0 aliphatic heterocycles. The normalized spacial score (nSPS) is 10.6. The molecule has 3 rings (SSSR count). The number of carbonyl (C=O) groups excluding carboxylic acids is 1. The average molecular weight is 336 g/mol. The van der Waals surface area contributed by atoms with Crippen LogP contribution in [0.15, 0.2) is 76.5 Å². The first-order valence-corrected chi connectivity index (χ1v) is 8.19. The van der Waals surface area contributed by atoms with Gasteiger partial charge in [-0.15, -0.1) is 25.3 Å². The zero-order valence-electron chi connectivity index (χ0n) is 12.7. The van der Waals surface area contributed by atoms with Gasteiger partial charge in [-0.1, -0.05) is 60.7 Å². The van der Waals surface area contributed by atoms with Gasteiger partial charge in [-0.25, -0.2) is 0 Å². The van der Waals surface area contributed by atoms with Crippen molar-refractivity contribution in [2.45, 2.75) is 16.7 Å². The largest absolute Gasteiger partial charge is 0.289 e. The number of ketones is 1. The standard InChI is InChI=1S/C20H16OS2/c1-13-18(22)12-11-17(20(13)23)14-7-9-16(10-8-14)19(21)15-5-3-2-4-6-15/h2-12,22-23H,1H3. The molecule has 3 heteroatoms. The maximum absolute atomic E-state index is 12.4. The monoisotopic (exact) mass is 336 g/mol. The van der Waals surface area contributed by atoms with Crippen molar-refractivity contribution in [3.8, 4) is 11.1 Å². The SMILES string of the molecule is Cc1c(S)ccc(-c2ccc(C(=O)c3ccccc3)cc2)c1S. The van der Waals surface area contributed by atoms with E-state index >= 15 is 0 Å². The van der Waals surface area contributed by atoms with E-state index < -0.39 is 0 Å². The molecule has 114 valence electrons. The summed E-state index contributed by atoms with van der Waals surface area (Å²) in [5.74, 6) is 0.0325. The molecule has 3 aromatic rings. The molecule has 0 bridgehead atoms. The van der Waals surface area contributed by atoms with E-state index in [1.165, 1.54) is 0 Å². The Morgan fingerprint density at radius 2 is 1.39 bits per heavy atom. The van der Waals surface area contributed by atoms with Crippen molar-refractivity contribution in [3.05, 3.63) is 83.4 Å². The molecule has 0 aromatic heterocycles. The zero-order valence-corrected chi connectivity index (χ0v) is 14.4. The van der Waals surface area contributed by atoms with Crippen LogP contribution in [0.2, 0.25) is 0 Å². The molecule has 0 aliphatic carbocycles. The van der Waals surface area contributed by atoms with Gasteiger partial charge < -0.3 is 0 Å². The van der Waals surface area contributed by atoms with Gasteiger partial charge in [-0.2, -0.15) is 0 Å². The number of rotatable bonds is 3. The van der Waals surface area contributed by atoms with E-state index in [9.17, 15) is 4.79 Å². The molecule has 23 heavy (non-hydrogen) atoms. The van der Waals surface area contributed by atoms with Gasteiger partial charge in [0.2, 0.25) is 0 Å². The second-order valence-corrected chi connectivity index (χ2v) is 6.31. The Bertz CT molecular complexity index is 853. The molecule has 3 aromatic carbocycles. The molecule has 0 fully saturated rings. The van der Waals surface area contributed by atoms with Crippen molar-refractivity contribution in [1.29, 1.82) is 0 Å². The highest BCUT2D eigenvalue weighted by Gasteiger charge is 2.10. The van der Waals surface area contributed by atoms with E-state index in [1.807, 2.05) is 73.7 Å². The lowest BCUT2D eigenvalue weighted by Gasteiger charge is -2.11. The number of thiol groups is 2. The predicted molar refractivity (Wildman–Crippen MR) is 101 cm³/mol. The van der Waals surface area contributed by atoms with Crippen molar-refractivity contribution in [2.24, 2.45) is 0 Å². The van der Waals surface area contributed by atoms with Gasteiger partial charge >= 0.3 is 0 Å². The Morgan fingerprint density at radius 3 is 2.04 bits per heavy atom. The Morgan fingerprint density at radius 1 is 0.783 bits per heavy atom. The van der Waals surface area contributed by atoms with Gasteiger partial charge in [0.25, 0.3) is 0 Å². The minimum atomic E-state index is 0.0325. The number of hydrogen-bond acceptors (Lipinski definition) is 3. The molecule has 0 spiro atoms. The van der Waals surface area contributed by atoms with Crippen molar-refractivity contribution >= 4 is 31.0 Å². The van der Waals surface area contributed by atoms with Crippen LogP contribution in [-0.4, -0.2) is 5.78 Å². The van der Waals surface area contributed by atoms with Gasteiger partial charge in [0, 0.05) is 20.9 Å². The Balaban J connectivity index is 1.94. The Hall–Kier alpha value is -1.97. The summed E-state index contributed by atoms with van der Waals surface area (Å²) in [6.45, 7) is 2.00. The number of carbonyl (C=O) groups is 1. The third-order valence-electron chi connectivity index (χ3n) is 3.90. The fourth-order valence-corrected chi connectivity index (χ4v) is 3.08. The van der Waals surface area contributed by atoms with Crippen LogP contribution in [0.4, 0.5) is 0 Å². The molecule has 0 amide bonds. The molecular formula is C20H16OS2. The second kappa shape index (κ2) is 6.65. The highest BCUT2D eigenvalue weighted by Crippen LogP contribution is 2.32. The summed E-state index contributed by atoms with van der Waals surface area (Å²) in [6.07, 6.45) is 0. The van der Waals surface area contributed by atoms with Crippen LogP contribution in [0.25, 0.3) is 11.1 Å². The second-order valence-electron chi connectivity index (χ2n) is 5.38. The number of benzene rings is 3. The van der Waals surface area contributed by atoms with Crippen LogP contribution < -0.4 is 0 Å². The summed E-state index contributed by atoms with van der Waals surface area (Å²) in [7, 11) is 0. The maximum Gasteiger partial charge on any atom is 0.193 e. The van der Waals surface area contributed by atoms with Gasteiger partial charge in [-0.05, 0) is 29.7 Å². The van der Waals surface area contributed by atoms with Crippen molar-refractivity contribution < 1.29 is 4.79 Å². The molecule has 0 saturated carbocycles. The highest BCUT2D eigenvalue weighted by atomic mass is 32.1. The molecule has 1 nitrogen and oxygen atoms in total. The lowest BCUT2D eigenvalue weighted by molar-refractivity contribution is 0.103. The van der Waals surface area contributed by atoms with Crippen LogP contribution in [0, 0.1) is 6.92 Å². The summed E-state index contributed by atoms with van der Waals surface area (Å²) in [4.78, 5) is 14.3. The van der Waals surface area contributed by atoms with E-state index in [0.717, 1.165) is 26.5 Å². The van der Waals surface area contributed by atoms with Crippen molar-refractivity contribution in [2.75, 3.05) is 0 Å². The first-order valence-electron chi connectivity index (χ1n) is 7.29. The molecule has 0 radical (unpaired) electrons. The quantitative estimate of drug-likeness (QED) is 0.479. The fourth-order valence-electron chi connectivity index (χ4n) is 2.48. The van der Waals surface area contributed by atoms with Crippen LogP contribution in [0.3, 0.4) is 0 Å². The van der Waals surface area contributed by atoms with Crippen LogP contribution in [0.5, 0.6) is 0 Å².